The number of anilines is 1. The molecule has 1 aliphatic rings. The van der Waals surface area contributed by atoms with Crippen molar-refractivity contribution in [3.8, 4) is 11.1 Å². The molecule has 0 saturated carbocycles. The van der Waals surface area contributed by atoms with Crippen molar-refractivity contribution in [3.05, 3.63) is 70.4 Å². The van der Waals surface area contributed by atoms with Crippen LogP contribution in [-0.4, -0.2) is 50.1 Å². The van der Waals surface area contributed by atoms with Gasteiger partial charge in [0.05, 0.1) is 24.8 Å². The van der Waals surface area contributed by atoms with Crippen LogP contribution in [0.2, 0.25) is 5.02 Å². The number of pyridine rings is 1. The highest BCUT2D eigenvalue weighted by Crippen LogP contribution is 2.33. The molecule has 1 atom stereocenters. The smallest absolute Gasteiger partial charge is 0.330 e. The molecule has 36 heavy (non-hydrogen) atoms. The molecular formula is C26H28ClFN4O4. The lowest BCUT2D eigenvalue weighted by Crippen LogP contribution is -2.51. The van der Waals surface area contributed by atoms with Crippen molar-refractivity contribution >= 4 is 29.3 Å². The van der Waals surface area contributed by atoms with Crippen molar-refractivity contribution in [1.82, 2.24) is 14.5 Å². The van der Waals surface area contributed by atoms with Crippen LogP contribution in [0.3, 0.4) is 0 Å². The Morgan fingerprint density at radius 2 is 2.08 bits per heavy atom. The Hall–Kier alpha value is -3.43. The number of carbonyl (C=O) groups is 2. The van der Waals surface area contributed by atoms with Gasteiger partial charge in [-0.05, 0) is 56.2 Å². The summed E-state index contributed by atoms with van der Waals surface area (Å²) in [4.78, 5) is 32.2. The zero-order chi connectivity index (χ0) is 26.0. The van der Waals surface area contributed by atoms with Gasteiger partial charge in [0.15, 0.2) is 0 Å². The number of nitrogens with one attached hydrogen (secondary N) is 1. The van der Waals surface area contributed by atoms with Crippen molar-refractivity contribution in [2.24, 2.45) is 0 Å². The van der Waals surface area contributed by atoms with E-state index in [1.54, 1.807) is 30.0 Å². The predicted octanol–water partition coefficient (Wildman–Crippen LogP) is 4.24. The summed E-state index contributed by atoms with van der Waals surface area (Å²) in [5.74, 6) is -0.819. The molecular weight excluding hydrogens is 487 g/mol. The van der Waals surface area contributed by atoms with Crippen molar-refractivity contribution in [1.29, 1.82) is 0 Å². The Kier molecular flexibility index (Phi) is 7.61. The van der Waals surface area contributed by atoms with E-state index in [2.05, 4.69) is 10.3 Å². The summed E-state index contributed by atoms with van der Waals surface area (Å²) in [7, 11) is 0. The van der Waals surface area contributed by atoms with Gasteiger partial charge >= 0.3 is 5.97 Å². The van der Waals surface area contributed by atoms with Crippen molar-refractivity contribution in [2.45, 2.75) is 52.6 Å². The molecule has 8 nitrogen and oxygen atoms in total. The van der Waals surface area contributed by atoms with Crippen LogP contribution in [0.1, 0.15) is 42.4 Å². The molecule has 10 heteroatoms. The molecule has 3 heterocycles. The van der Waals surface area contributed by atoms with E-state index in [4.69, 9.17) is 16.3 Å². The summed E-state index contributed by atoms with van der Waals surface area (Å²) in [5, 5.41) is 13.4. The molecule has 4 rings (SSSR count). The third-order valence-corrected chi connectivity index (χ3v) is 6.26. The summed E-state index contributed by atoms with van der Waals surface area (Å²) in [6.45, 7) is 5.61. The number of nitrogens with zero attached hydrogens (tertiary/aromatic N) is 3. The topological polar surface area (TPSA) is 96.7 Å². The van der Waals surface area contributed by atoms with Crippen molar-refractivity contribution in [3.63, 3.8) is 0 Å². The first-order chi connectivity index (χ1) is 17.2. The number of aliphatic hydroxyl groups is 1. The Morgan fingerprint density at radius 1 is 1.31 bits per heavy atom. The minimum atomic E-state index is -0.925. The second-order valence-electron chi connectivity index (χ2n) is 8.89. The van der Waals surface area contributed by atoms with Crippen LogP contribution >= 0.6 is 11.6 Å². The Balaban J connectivity index is 1.74. The van der Waals surface area contributed by atoms with Gasteiger partial charge in [-0.15, -0.1) is 0 Å². The van der Waals surface area contributed by atoms with Crippen molar-refractivity contribution < 1.29 is 23.8 Å². The van der Waals surface area contributed by atoms with Crippen LogP contribution in [-0.2, 0) is 29.2 Å². The Labute approximate surface area is 213 Å². The fourth-order valence-electron chi connectivity index (χ4n) is 4.30. The molecule has 1 unspecified atom stereocenters. The third kappa shape index (κ3) is 5.22. The first-order valence-electron chi connectivity index (χ1n) is 11.7. The second kappa shape index (κ2) is 10.7. The number of rotatable bonds is 8. The zero-order valence-electron chi connectivity index (χ0n) is 20.3. The molecule has 0 radical (unpaired) electrons. The Bertz CT molecular complexity index is 1290. The number of benzene rings is 1. The monoisotopic (exact) mass is 514 g/mol. The maximum atomic E-state index is 14.0. The van der Waals surface area contributed by atoms with Crippen LogP contribution in [0, 0.1) is 5.82 Å². The normalized spacial score (nSPS) is 15.2. The summed E-state index contributed by atoms with van der Waals surface area (Å²) >= 11 is 6.44. The van der Waals surface area contributed by atoms with Crippen LogP contribution in [0.15, 0.2) is 42.7 Å². The number of fused-ring (bicyclic) bond motifs is 1. The van der Waals surface area contributed by atoms with Crippen LogP contribution in [0.5, 0.6) is 0 Å². The molecule has 0 spiro atoms. The van der Waals surface area contributed by atoms with Gasteiger partial charge in [0, 0.05) is 36.1 Å². The van der Waals surface area contributed by atoms with E-state index in [1.165, 1.54) is 23.1 Å². The Morgan fingerprint density at radius 3 is 2.78 bits per heavy atom. The van der Waals surface area contributed by atoms with E-state index in [0.29, 0.717) is 38.8 Å². The van der Waals surface area contributed by atoms with E-state index >= 15 is 0 Å². The number of hydrogen-bond acceptors (Lipinski definition) is 6. The molecule has 190 valence electrons. The van der Waals surface area contributed by atoms with E-state index in [0.717, 1.165) is 0 Å². The van der Waals surface area contributed by atoms with Crippen LogP contribution in [0.25, 0.3) is 11.1 Å². The number of aromatic nitrogens is 2. The lowest BCUT2D eigenvalue weighted by molar-refractivity contribution is -0.149. The predicted molar refractivity (Wildman–Crippen MR) is 134 cm³/mol. The maximum absolute atomic E-state index is 14.0. The molecule has 2 N–H and O–H groups in total. The van der Waals surface area contributed by atoms with Gasteiger partial charge in [-0.2, -0.15) is 0 Å². The number of halogens is 2. The average Bonchev–Trinajstić information content (AvgIpc) is 3.26. The van der Waals surface area contributed by atoms with Gasteiger partial charge in [0.25, 0.3) is 5.91 Å². The summed E-state index contributed by atoms with van der Waals surface area (Å²) < 4.78 is 20.9. The molecule has 2 aromatic heterocycles. The van der Waals surface area contributed by atoms with Gasteiger partial charge < -0.3 is 24.6 Å². The molecule has 1 amide bonds. The molecule has 0 aliphatic carbocycles. The summed E-state index contributed by atoms with van der Waals surface area (Å²) in [5.41, 5.74) is 2.64. The van der Waals surface area contributed by atoms with E-state index < -0.39 is 23.7 Å². The van der Waals surface area contributed by atoms with Crippen LogP contribution < -0.4 is 5.32 Å². The highest BCUT2D eigenvalue weighted by Gasteiger charge is 2.38. The number of esters is 1. The summed E-state index contributed by atoms with van der Waals surface area (Å²) in [6, 6.07) is 6.75. The number of hydrogen-bond donors (Lipinski definition) is 2. The van der Waals surface area contributed by atoms with Gasteiger partial charge in [0.2, 0.25) is 0 Å². The molecule has 0 bridgehead atoms. The highest BCUT2D eigenvalue weighted by atomic mass is 35.5. The lowest BCUT2D eigenvalue weighted by Gasteiger charge is -2.35. The standard InChI is InChI=1S/C26H28ClFN4O4/c1-4-36-26(35)23-13-31-11-18(20-9-24(30-15(2)3)29-10-21(20)27)8-22(31)25(34)32(23)12-17-7-19(28)6-5-16(17)14-33/h5-11,15,23,33H,4,12-14H2,1-3H3,(H,29,30). The SMILES string of the molecule is CCOC(=O)C1Cn2cc(-c3cc(NC(C)C)ncc3Cl)cc2C(=O)N1Cc1cc(F)ccc1CO. The number of ether oxygens (including phenoxy) is 1. The fraction of sp³-hybridized carbons (Fsp3) is 0.346. The maximum Gasteiger partial charge on any atom is 0.330 e. The number of carbonyl (C=O) groups excluding carboxylic acids is 2. The van der Waals surface area contributed by atoms with E-state index in [-0.39, 0.29) is 32.3 Å². The molecule has 0 fully saturated rings. The molecule has 3 aromatic rings. The van der Waals surface area contributed by atoms with Crippen LogP contribution in [0.4, 0.5) is 10.2 Å². The minimum Gasteiger partial charge on any atom is -0.464 e. The van der Waals surface area contributed by atoms with Gasteiger partial charge in [-0.1, -0.05) is 17.7 Å². The molecule has 1 aliphatic heterocycles. The lowest BCUT2D eigenvalue weighted by atomic mass is 10.0. The van der Waals surface area contributed by atoms with E-state index in [9.17, 15) is 19.1 Å². The molecule has 1 aromatic carbocycles. The van der Waals surface area contributed by atoms with Gasteiger partial charge in [0.1, 0.15) is 23.4 Å². The fourth-order valence-corrected chi connectivity index (χ4v) is 4.51. The zero-order valence-corrected chi connectivity index (χ0v) is 21.1. The number of amides is 1. The minimum absolute atomic E-state index is 0.0606. The first kappa shape index (κ1) is 25.7. The number of aliphatic hydroxyl groups excluding tert-OH is 1. The van der Waals surface area contributed by atoms with Crippen molar-refractivity contribution in [2.75, 3.05) is 11.9 Å². The average molecular weight is 515 g/mol. The second-order valence-corrected chi connectivity index (χ2v) is 9.29. The van der Waals surface area contributed by atoms with E-state index in [1.807, 2.05) is 19.9 Å². The van der Waals surface area contributed by atoms with Gasteiger partial charge in [-0.25, -0.2) is 14.2 Å². The third-order valence-electron chi connectivity index (χ3n) is 5.96. The highest BCUT2D eigenvalue weighted by molar-refractivity contribution is 6.33. The molecule has 0 saturated heterocycles. The quantitative estimate of drug-likeness (QED) is 0.436. The largest absolute Gasteiger partial charge is 0.464 e. The van der Waals surface area contributed by atoms with Gasteiger partial charge in [-0.3, -0.25) is 4.79 Å². The first-order valence-corrected chi connectivity index (χ1v) is 12.1. The summed E-state index contributed by atoms with van der Waals surface area (Å²) in [6.07, 6.45) is 3.33.